The first-order chi connectivity index (χ1) is 12.8. The minimum atomic E-state index is -0.283. The van der Waals surface area contributed by atoms with E-state index in [2.05, 4.69) is 119 Å². The van der Waals surface area contributed by atoms with Gasteiger partial charge in [-0.15, -0.1) is 0 Å². The van der Waals surface area contributed by atoms with Crippen LogP contribution in [0.4, 0.5) is 0 Å². The molecule has 0 atom stereocenters. The molecule has 4 aromatic carbocycles. The molecular weight excluding hydrogens is 380 g/mol. The molecule has 4 aromatic rings. The van der Waals surface area contributed by atoms with Gasteiger partial charge in [-0.3, -0.25) is 0 Å². The van der Waals surface area contributed by atoms with Crippen molar-refractivity contribution >= 4 is 15.9 Å². The molecule has 1 aliphatic rings. The second kappa shape index (κ2) is 5.96. The van der Waals surface area contributed by atoms with E-state index in [1.165, 1.54) is 33.4 Å². The molecule has 0 unspecified atom stereocenters. The van der Waals surface area contributed by atoms with Crippen molar-refractivity contribution in [3.8, 4) is 11.1 Å². The summed E-state index contributed by atoms with van der Waals surface area (Å²) in [5, 5.41) is 0. The lowest BCUT2D eigenvalue weighted by molar-refractivity contribution is 0.768. The Bertz CT molecular complexity index is 1040. The van der Waals surface area contributed by atoms with Gasteiger partial charge in [-0.2, -0.15) is 0 Å². The van der Waals surface area contributed by atoms with E-state index >= 15 is 0 Å². The number of rotatable bonds is 2. The van der Waals surface area contributed by atoms with E-state index in [-0.39, 0.29) is 5.41 Å². The predicted octanol–water partition coefficient (Wildman–Crippen LogP) is 6.81. The van der Waals surface area contributed by atoms with Gasteiger partial charge in [-0.1, -0.05) is 107 Å². The highest BCUT2D eigenvalue weighted by Crippen LogP contribution is 2.56. The highest BCUT2D eigenvalue weighted by atomic mass is 79.9. The topological polar surface area (TPSA) is 0 Å². The Kier molecular flexibility index (Phi) is 3.58. The molecule has 0 nitrogen and oxygen atoms in total. The fourth-order valence-corrected chi connectivity index (χ4v) is 4.78. The van der Waals surface area contributed by atoms with Gasteiger partial charge < -0.3 is 0 Å². The third-order valence-electron chi connectivity index (χ3n) is 5.42. The second-order valence-corrected chi connectivity index (χ2v) is 7.63. The molecule has 0 heterocycles. The van der Waals surface area contributed by atoms with Crippen LogP contribution >= 0.6 is 15.9 Å². The van der Waals surface area contributed by atoms with Crippen LogP contribution in [0.1, 0.15) is 22.3 Å². The molecule has 26 heavy (non-hydrogen) atoms. The van der Waals surface area contributed by atoms with Crippen molar-refractivity contribution in [3.63, 3.8) is 0 Å². The van der Waals surface area contributed by atoms with Gasteiger partial charge in [-0.05, 0) is 45.5 Å². The van der Waals surface area contributed by atoms with Crippen molar-refractivity contribution in [2.24, 2.45) is 0 Å². The average Bonchev–Trinajstić information content (AvgIpc) is 3.00. The van der Waals surface area contributed by atoms with Crippen LogP contribution in [0.3, 0.4) is 0 Å². The molecule has 0 bridgehead atoms. The van der Waals surface area contributed by atoms with Crippen LogP contribution in [0.2, 0.25) is 0 Å². The van der Waals surface area contributed by atoms with Gasteiger partial charge in [0.2, 0.25) is 0 Å². The number of fused-ring (bicyclic) bond motifs is 3. The molecule has 0 amide bonds. The molecule has 1 heteroatoms. The molecule has 0 saturated heterocycles. The van der Waals surface area contributed by atoms with Crippen LogP contribution in [0, 0.1) is 0 Å². The van der Waals surface area contributed by atoms with Crippen LogP contribution < -0.4 is 0 Å². The Hall–Kier alpha value is -2.64. The van der Waals surface area contributed by atoms with Crippen LogP contribution in [-0.4, -0.2) is 0 Å². The molecule has 0 N–H and O–H groups in total. The Balaban J connectivity index is 1.98. The van der Waals surface area contributed by atoms with Gasteiger partial charge in [0.15, 0.2) is 0 Å². The molecular formula is C25H17Br. The number of hydrogen-bond donors (Lipinski definition) is 0. The minimum absolute atomic E-state index is 0.283. The summed E-state index contributed by atoms with van der Waals surface area (Å²) in [4.78, 5) is 0. The summed E-state index contributed by atoms with van der Waals surface area (Å²) in [6.07, 6.45) is 0. The van der Waals surface area contributed by atoms with Gasteiger partial charge in [-0.25, -0.2) is 0 Å². The minimum Gasteiger partial charge on any atom is -0.0622 e. The monoisotopic (exact) mass is 396 g/mol. The molecule has 124 valence electrons. The van der Waals surface area contributed by atoms with E-state index < -0.39 is 0 Å². The summed E-state index contributed by atoms with van der Waals surface area (Å²) >= 11 is 3.67. The summed E-state index contributed by atoms with van der Waals surface area (Å²) in [5.74, 6) is 0. The molecule has 0 spiro atoms. The summed E-state index contributed by atoms with van der Waals surface area (Å²) in [6, 6.07) is 37.2. The van der Waals surface area contributed by atoms with E-state index in [1.54, 1.807) is 0 Å². The van der Waals surface area contributed by atoms with Crippen molar-refractivity contribution in [2.75, 3.05) is 0 Å². The fraction of sp³-hybridized carbons (Fsp3) is 0.0400. The molecule has 0 radical (unpaired) electrons. The van der Waals surface area contributed by atoms with E-state index in [0.717, 1.165) is 4.47 Å². The number of halogens is 1. The van der Waals surface area contributed by atoms with Gasteiger partial charge >= 0.3 is 0 Å². The zero-order chi connectivity index (χ0) is 17.6. The Morgan fingerprint density at radius 2 is 1.04 bits per heavy atom. The van der Waals surface area contributed by atoms with Crippen LogP contribution in [0.25, 0.3) is 11.1 Å². The lowest BCUT2D eigenvalue weighted by Gasteiger charge is -2.33. The maximum atomic E-state index is 3.67. The highest BCUT2D eigenvalue weighted by molar-refractivity contribution is 9.10. The first-order valence-corrected chi connectivity index (χ1v) is 9.62. The van der Waals surface area contributed by atoms with Crippen LogP contribution in [-0.2, 0) is 5.41 Å². The second-order valence-electron chi connectivity index (χ2n) is 6.72. The van der Waals surface area contributed by atoms with Crippen molar-refractivity contribution < 1.29 is 0 Å². The maximum absolute atomic E-state index is 3.67. The normalized spacial score (nSPS) is 13.9. The summed E-state index contributed by atoms with van der Waals surface area (Å²) in [7, 11) is 0. The summed E-state index contributed by atoms with van der Waals surface area (Å²) < 4.78 is 1.11. The van der Waals surface area contributed by atoms with Crippen molar-refractivity contribution in [1.29, 1.82) is 0 Å². The van der Waals surface area contributed by atoms with Gasteiger partial charge in [0.05, 0.1) is 5.41 Å². The van der Waals surface area contributed by atoms with E-state index in [0.29, 0.717) is 0 Å². The molecule has 0 saturated carbocycles. The summed E-state index contributed by atoms with van der Waals surface area (Å²) in [5.41, 5.74) is 7.65. The first-order valence-electron chi connectivity index (χ1n) is 8.83. The third kappa shape index (κ3) is 2.07. The zero-order valence-corrected chi connectivity index (χ0v) is 15.8. The first kappa shape index (κ1) is 15.6. The lowest BCUT2D eigenvalue weighted by atomic mass is 9.68. The van der Waals surface area contributed by atoms with Crippen LogP contribution in [0.15, 0.2) is 108 Å². The Morgan fingerprint density at radius 3 is 1.69 bits per heavy atom. The molecule has 5 rings (SSSR count). The maximum Gasteiger partial charge on any atom is 0.0713 e. The standard InChI is InChI=1S/C25H17Br/c26-20-15-16-24-22(17-20)21-13-7-8-14-23(21)25(24,18-9-3-1-4-10-18)19-11-5-2-6-12-19/h1-17H. The van der Waals surface area contributed by atoms with Gasteiger partial charge in [0.25, 0.3) is 0 Å². The number of benzene rings is 4. The van der Waals surface area contributed by atoms with Crippen molar-refractivity contribution in [1.82, 2.24) is 0 Å². The average molecular weight is 397 g/mol. The highest BCUT2D eigenvalue weighted by Gasteiger charge is 2.45. The number of hydrogen-bond acceptors (Lipinski definition) is 0. The molecule has 0 aromatic heterocycles. The Morgan fingerprint density at radius 1 is 0.500 bits per heavy atom. The van der Waals surface area contributed by atoms with Gasteiger partial charge in [0.1, 0.15) is 0 Å². The zero-order valence-electron chi connectivity index (χ0n) is 14.2. The lowest BCUT2D eigenvalue weighted by Crippen LogP contribution is -2.28. The van der Waals surface area contributed by atoms with E-state index in [4.69, 9.17) is 0 Å². The molecule has 0 aliphatic heterocycles. The molecule has 0 fully saturated rings. The van der Waals surface area contributed by atoms with Crippen LogP contribution in [0.5, 0.6) is 0 Å². The predicted molar refractivity (Wildman–Crippen MR) is 111 cm³/mol. The van der Waals surface area contributed by atoms with Gasteiger partial charge in [0, 0.05) is 4.47 Å². The third-order valence-corrected chi connectivity index (χ3v) is 5.91. The van der Waals surface area contributed by atoms with Crippen molar-refractivity contribution in [3.05, 3.63) is 130 Å². The Labute approximate surface area is 162 Å². The quantitative estimate of drug-likeness (QED) is 0.307. The fourth-order valence-electron chi connectivity index (χ4n) is 4.42. The molecule has 1 aliphatic carbocycles. The van der Waals surface area contributed by atoms with Crippen molar-refractivity contribution in [2.45, 2.75) is 5.41 Å². The smallest absolute Gasteiger partial charge is 0.0622 e. The SMILES string of the molecule is Brc1ccc2c(c1)-c1ccccc1C2(c1ccccc1)c1ccccc1. The van der Waals surface area contributed by atoms with E-state index in [1.807, 2.05) is 0 Å². The summed E-state index contributed by atoms with van der Waals surface area (Å²) in [6.45, 7) is 0. The van der Waals surface area contributed by atoms with E-state index in [9.17, 15) is 0 Å². The largest absolute Gasteiger partial charge is 0.0713 e.